The van der Waals surface area contributed by atoms with Gasteiger partial charge in [0.25, 0.3) is 5.91 Å². The van der Waals surface area contributed by atoms with Crippen LogP contribution in [-0.2, 0) is 0 Å². The van der Waals surface area contributed by atoms with E-state index in [1.165, 1.54) is 30.5 Å². The number of furan rings is 1. The van der Waals surface area contributed by atoms with Gasteiger partial charge in [-0.2, -0.15) is 0 Å². The Hall–Kier alpha value is -2.21. The molecule has 0 bridgehead atoms. The summed E-state index contributed by atoms with van der Waals surface area (Å²) in [5.41, 5.74) is 6.07. The van der Waals surface area contributed by atoms with Gasteiger partial charge in [-0.25, -0.2) is 4.39 Å². The number of carbonyl (C=O) groups is 1. The molecule has 0 unspecified atom stereocenters. The van der Waals surface area contributed by atoms with Crippen LogP contribution < -0.4 is 11.1 Å². The third-order valence-corrected chi connectivity index (χ3v) is 2.46. The summed E-state index contributed by atoms with van der Waals surface area (Å²) in [6.45, 7) is 0. The summed E-state index contributed by atoms with van der Waals surface area (Å²) in [6.07, 6.45) is 1.38. The first-order valence-electron chi connectivity index (χ1n) is 5.02. The number of amides is 1. The molecule has 1 amide bonds. The van der Waals surface area contributed by atoms with Gasteiger partial charge in [0.1, 0.15) is 10.8 Å². The molecule has 18 heavy (non-hydrogen) atoms. The standard InChI is InChI=1S/C12H9FN2O2S/c13-7-3-4-9(8(6-7)11(14)18)15-12(16)10-2-1-5-17-10/h1-6H,(H2,14,18)(H,15,16). The van der Waals surface area contributed by atoms with Crippen molar-refractivity contribution in [2.75, 3.05) is 5.32 Å². The Morgan fingerprint density at radius 2 is 2.17 bits per heavy atom. The van der Waals surface area contributed by atoms with E-state index in [4.69, 9.17) is 22.4 Å². The predicted octanol–water partition coefficient (Wildman–Crippen LogP) is 2.31. The second kappa shape index (κ2) is 4.97. The van der Waals surface area contributed by atoms with Crippen molar-refractivity contribution in [2.45, 2.75) is 0 Å². The minimum atomic E-state index is -0.478. The zero-order valence-corrected chi connectivity index (χ0v) is 9.96. The van der Waals surface area contributed by atoms with Crippen LogP contribution in [0.1, 0.15) is 16.1 Å². The van der Waals surface area contributed by atoms with Crippen LogP contribution in [0.3, 0.4) is 0 Å². The van der Waals surface area contributed by atoms with Crippen LogP contribution in [0.2, 0.25) is 0 Å². The summed E-state index contributed by atoms with van der Waals surface area (Å²) < 4.78 is 18.0. The van der Waals surface area contributed by atoms with Crippen molar-refractivity contribution in [3.05, 3.63) is 53.7 Å². The summed E-state index contributed by atoms with van der Waals surface area (Å²) in [6, 6.07) is 6.87. The molecule has 2 rings (SSSR count). The number of hydrogen-bond acceptors (Lipinski definition) is 3. The van der Waals surface area contributed by atoms with Gasteiger partial charge in [0.2, 0.25) is 0 Å². The van der Waals surface area contributed by atoms with Crippen molar-refractivity contribution in [3.8, 4) is 0 Å². The molecule has 0 saturated heterocycles. The van der Waals surface area contributed by atoms with Gasteiger partial charge in [0, 0.05) is 5.56 Å². The van der Waals surface area contributed by atoms with E-state index in [0.717, 1.165) is 0 Å². The van der Waals surface area contributed by atoms with Crippen LogP contribution in [0.25, 0.3) is 0 Å². The molecule has 0 aliphatic carbocycles. The Labute approximate surface area is 108 Å². The van der Waals surface area contributed by atoms with E-state index in [1.54, 1.807) is 6.07 Å². The molecule has 92 valence electrons. The largest absolute Gasteiger partial charge is 0.459 e. The first kappa shape index (κ1) is 12.3. The highest BCUT2D eigenvalue weighted by Crippen LogP contribution is 2.18. The average Bonchev–Trinajstić information content (AvgIpc) is 2.84. The Bertz CT molecular complexity index is 596. The molecule has 2 aromatic rings. The first-order chi connectivity index (χ1) is 8.58. The predicted molar refractivity (Wildman–Crippen MR) is 68.9 cm³/mol. The van der Waals surface area contributed by atoms with Crippen molar-refractivity contribution < 1.29 is 13.6 Å². The third kappa shape index (κ3) is 2.54. The molecule has 6 heteroatoms. The van der Waals surface area contributed by atoms with Crippen LogP contribution in [-0.4, -0.2) is 10.9 Å². The van der Waals surface area contributed by atoms with E-state index in [0.29, 0.717) is 5.69 Å². The average molecular weight is 264 g/mol. The molecule has 3 N–H and O–H groups in total. The summed E-state index contributed by atoms with van der Waals surface area (Å²) in [5, 5.41) is 2.55. The van der Waals surface area contributed by atoms with E-state index in [-0.39, 0.29) is 16.3 Å². The van der Waals surface area contributed by atoms with Gasteiger partial charge in [-0.15, -0.1) is 0 Å². The second-order valence-corrected chi connectivity index (χ2v) is 3.93. The van der Waals surface area contributed by atoms with Crippen molar-refractivity contribution >= 4 is 28.8 Å². The van der Waals surface area contributed by atoms with Crippen LogP contribution in [0.4, 0.5) is 10.1 Å². The monoisotopic (exact) mass is 264 g/mol. The fourth-order valence-corrected chi connectivity index (χ4v) is 1.59. The summed E-state index contributed by atoms with van der Waals surface area (Å²) in [5.74, 6) is -0.786. The highest BCUT2D eigenvalue weighted by molar-refractivity contribution is 7.80. The fourth-order valence-electron chi connectivity index (χ4n) is 1.42. The normalized spacial score (nSPS) is 10.1. The van der Waals surface area contributed by atoms with E-state index in [2.05, 4.69) is 5.32 Å². The maximum Gasteiger partial charge on any atom is 0.291 e. The van der Waals surface area contributed by atoms with Gasteiger partial charge in [-0.1, -0.05) is 12.2 Å². The lowest BCUT2D eigenvalue weighted by atomic mass is 10.1. The van der Waals surface area contributed by atoms with Crippen molar-refractivity contribution in [1.82, 2.24) is 0 Å². The van der Waals surface area contributed by atoms with E-state index < -0.39 is 11.7 Å². The number of benzene rings is 1. The van der Waals surface area contributed by atoms with Crippen LogP contribution >= 0.6 is 12.2 Å². The van der Waals surface area contributed by atoms with E-state index >= 15 is 0 Å². The molecule has 0 aliphatic heterocycles. The summed E-state index contributed by atoms with van der Waals surface area (Å²) in [4.78, 5) is 11.8. The van der Waals surface area contributed by atoms with Crippen molar-refractivity contribution in [2.24, 2.45) is 5.73 Å². The number of halogens is 1. The minimum Gasteiger partial charge on any atom is -0.459 e. The Morgan fingerprint density at radius 1 is 1.39 bits per heavy atom. The first-order valence-corrected chi connectivity index (χ1v) is 5.43. The second-order valence-electron chi connectivity index (χ2n) is 3.49. The molecular weight excluding hydrogens is 255 g/mol. The van der Waals surface area contributed by atoms with Crippen LogP contribution in [0, 0.1) is 5.82 Å². The topological polar surface area (TPSA) is 68.3 Å². The van der Waals surface area contributed by atoms with Crippen molar-refractivity contribution in [3.63, 3.8) is 0 Å². The van der Waals surface area contributed by atoms with Gasteiger partial charge >= 0.3 is 0 Å². The maximum atomic E-state index is 13.1. The minimum absolute atomic E-state index is 0.00393. The summed E-state index contributed by atoms with van der Waals surface area (Å²) >= 11 is 4.80. The van der Waals surface area contributed by atoms with Gasteiger partial charge < -0.3 is 15.5 Å². The van der Waals surface area contributed by atoms with Crippen LogP contribution in [0.15, 0.2) is 41.0 Å². The Morgan fingerprint density at radius 3 is 2.78 bits per heavy atom. The molecule has 0 spiro atoms. The summed E-state index contributed by atoms with van der Waals surface area (Å²) in [7, 11) is 0. The number of hydrogen-bond donors (Lipinski definition) is 2. The molecule has 0 saturated carbocycles. The molecule has 4 nitrogen and oxygen atoms in total. The fraction of sp³-hybridized carbons (Fsp3) is 0. The van der Waals surface area contributed by atoms with Gasteiger partial charge in [-0.05, 0) is 30.3 Å². The Kier molecular flexibility index (Phi) is 3.38. The quantitative estimate of drug-likeness (QED) is 0.835. The maximum absolute atomic E-state index is 13.1. The highest BCUT2D eigenvalue weighted by atomic mass is 32.1. The van der Waals surface area contributed by atoms with E-state index in [1.807, 2.05) is 0 Å². The van der Waals surface area contributed by atoms with Crippen molar-refractivity contribution in [1.29, 1.82) is 0 Å². The van der Waals surface area contributed by atoms with Gasteiger partial charge in [-0.3, -0.25) is 4.79 Å². The smallest absolute Gasteiger partial charge is 0.291 e. The molecule has 1 heterocycles. The number of rotatable bonds is 3. The van der Waals surface area contributed by atoms with Gasteiger partial charge in [0.15, 0.2) is 5.76 Å². The number of anilines is 1. The molecule has 0 atom stereocenters. The highest BCUT2D eigenvalue weighted by Gasteiger charge is 2.13. The van der Waals surface area contributed by atoms with Gasteiger partial charge in [0.05, 0.1) is 12.0 Å². The zero-order valence-electron chi connectivity index (χ0n) is 9.14. The number of thiocarbonyl (C=S) groups is 1. The molecule has 0 fully saturated rings. The molecule has 1 aromatic carbocycles. The Balaban J connectivity index is 2.29. The molecule has 1 aromatic heterocycles. The molecule has 0 aliphatic rings. The lowest BCUT2D eigenvalue weighted by molar-refractivity contribution is 0.0996. The lowest BCUT2D eigenvalue weighted by Crippen LogP contribution is -2.17. The number of nitrogens with one attached hydrogen (secondary N) is 1. The molecular formula is C12H9FN2O2S. The van der Waals surface area contributed by atoms with Crippen LogP contribution in [0.5, 0.6) is 0 Å². The zero-order chi connectivity index (χ0) is 13.1. The van der Waals surface area contributed by atoms with E-state index in [9.17, 15) is 9.18 Å². The number of nitrogens with two attached hydrogens (primary N) is 1. The molecule has 0 radical (unpaired) electrons. The number of carbonyl (C=O) groups excluding carboxylic acids is 1. The SMILES string of the molecule is NC(=S)c1cc(F)ccc1NC(=O)c1ccco1. The third-order valence-electron chi connectivity index (χ3n) is 2.24. The lowest BCUT2D eigenvalue weighted by Gasteiger charge is -2.09.